The number of anilines is 1. The first-order valence-corrected chi connectivity index (χ1v) is 8.07. The Morgan fingerprint density at radius 1 is 1.43 bits per heavy atom. The van der Waals surface area contributed by atoms with Gasteiger partial charge in [-0.25, -0.2) is 4.98 Å². The van der Waals surface area contributed by atoms with Gasteiger partial charge in [-0.3, -0.25) is 4.99 Å². The van der Waals surface area contributed by atoms with Crippen LogP contribution in [-0.4, -0.2) is 61.8 Å². The molecule has 7 heteroatoms. The summed E-state index contributed by atoms with van der Waals surface area (Å²) < 4.78 is 5.41. The molecule has 0 amide bonds. The van der Waals surface area contributed by atoms with Gasteiger partial charge < -0.3 is 20.3 Å². The zero-order chi connectivity index (χ0) is 14.9. The third-order valence-electron chi connectivity index (χ3n) is 3.27. The quantitative estimate of drug-likeness (QED) is 0.354. The molecule has 1 fully saturated rings. The van der Waals surface area contributed by atoms with Crippen molar-refractivity contribution in [3.05, 3.63) is 24.2 Å². The average Bonchev–Trinajstić information content (AvgIpc) is 3.05. The van der Waals surface area contributed by atoms with Gasteiger partial charge in [0.1, 0.15) is 0 Å². The van der Waals surface area contributed by atoms with Gasteiger partial charge in [0.25, 0.3) is 0 Å². The molecule has 1 saturated heterocycles. The van der Waals surface area contributed by atoms with E-state index in [0.717, 1.165) is 37.7 Å². The molecule has 6 nitrogen and oxygen atoms in total. The lowest BCUT2D eigenvalue weighted by Crippen LogP contribution is -2.51. The SMILES string of the molecule is C=CCCOCCN=C(N)N1CCN(c2nccs2)CC1. The van der Waals surface area contributed by atoms with E-state index in [1.807, 2.05) is 17.7 Å². The van der Waals surface area contributed by atoms with Crippen molar-refractivity contribution in [3.8, 4) is 0 Å². The summed E-state index contributed by atoms with van der Waals surface area (Å²) in [5, 5.41) is 3.09. The van der Waals surface area contributed by atoms with Crippen LogP contribution in [0.25, 0.3) is 0 Å². The molecule has 2 rings (SSSR count). The second-order valence-electron chi connectivity index (χ2n) is 4.72. The number of nitrogens with two attached hydrogens (primary N) is 1. The van der Waals surface area contributed by atoms with E-state index in [9.17, 15) is 0 Å². The molecule has 21 heavy (non-hydrogen) atoms. The monoisotopic (exact) mass is 309 g/mol. The smallest absolute Gasteiger partial charge is 0.191 e. The van der Waals surface area contributed by atoms with Crippen molar-refractivity contribution in [3.63, 3.8) is 0 Å². The Kier molecular flexibility index (Phi) is 6.49. The average molecular weight is 309 g/mol. The molecule has 0 aromatic carbocycles. The van der Waals surface area contributed by atoms with Gasteiger partial charge in [-0.05, 0) is 6.42 Å². The minimum absolute atomic E-state index is 0.605. The van der Waals surface area contributed by atoms with Crippen molar-refractivity contribution in [1.29, 1.82) is 0 Å². The molecule has 2 N–H and O–H groups in total. The lowest BCUT2D eigenvalue weighted by molar-refractivity contribution is 0.146. The molecule has 0 radical (unpaired) electrons. The van der Waals surface area contributed by atoms with E-state index in [1.165, 1.54) is 0 Å². The zero-order valence-corrected chi connectivity index (χ0v) is 13.1. The predicted octanol–water partition coefficient (Wildman–Crippen LogP) is 1.17. The topological polar surface area (TPSA) is 67.0 Å². The number of guanidine groups is 1. The Bertz CT molecular complexity index is 440. The molecular weight excluding hydrogens is 286 g/mol. The fraction of sp³-hybridized carbons (Fsp3) is 0.571. The first-order chi connectivity index (χ1) is 10.3. The third-order valence-corrected chi connectivity index (χ3v) is 4.10. The van der Waals surface area contributed by atoms with Gasteiger partial charge >= 0.3 is 0 Å². The standard InChI is InChI=1S/C14H23N5OS/c1-2-3-10-20-11-4-16-13(15)18-6-8-19(9-7-18)14-17-5-12-21-14/h2,5,12H,1,3-4,6-11H2,(H2,15,16). The van der Waals surface area contributed by atoms with Crippen LogP contribution in [0.15, 0.2) is 29.2 Å². The summed E-state index contributed by atoms with van der Waals surface area (Å²) in [6.45, 7) is 9.18. The van der Waals surface area contributed by atoms with Crippen LogP contribution in [0, 0.1) is 0 Å². The van der Waals surface area contributed by atoms with Gasteiger partial charge in [0.15, 0.2) is 11.1 Å². The molecule has 0 unspecified atom stereocenters. The highest BCUT2D eigenvalue weighted by Crippen LogP contribution is 2.18. The molecule has 1 aromatic heterocycles. The highest BCUT2D eigenvalue weighted by molar-refractivity contribution is 7.13. The summed E-state index contributed by atoms with van der Waals surface area (Å²) in [5.74, 6) is 0.612. The summed E-state index contributed by atoms with van der Waals surface area (Å²) in [4.78, 5) is 13.1. The summed E-state index contributed by atoms with van der Waals surface area (Å²) >= 11 is 1.67. The van der Waals surface area contributed by atoms with E-state index >= 15 is 0 Å². The van der Waals surface area contributed by atoms with Crippen LogP contribution in [0.4, 0.5) is 5.13 Å². The Morgan fingerprint density at radius 2 is 2.24 bits per heavy atom. The Labute approximate surface area is 129 Å². The maximum Gasteiger partial charge on any atom is 0.191 e. The summed E-state index contributed by atoms with van der Waals surface area (Å²) in [6.07, 6.45) is 4.56. The molecule has 1 aliphatic heterocycles. The number of ether oxygens (including phenoxy) is 1. The molecule has 116 valence electrons. The number of aliphatic imine (C=N–C) groups is 1. The number of thiazole rings is 1. The summed E-state index contributed by atoms with van der Waals surface area (Å²) in [5.41, 5.74) is 6.03. The van der Waals surface area contributed by atoms with Gasteiger partial charge in [-0.15, -0.1) is 17.9 Å². The van der Waals surface area contributed by atoms with Gasteiger partial charge in [0.2, 0.25) is 0 Å². The van der Waals surface area contributed by atoms with Crippen LogP contribution in [-0.2, 0) is 4.74 Å². The van der Waals surface area contributed by atoms with Gasteiger partial charge in [-0.2, -0.15) is 0 Å². The van der Waals surface area contributed by atoms with Crippen molar-refractivity contribution in [1.82, 2.24) is 9.88 Å². The Morgan fingerprint density at radius 3 is 2.90 bits per heavy atom. The first-order valence-electron chi connectivity index (χ1n) is 7.19. The van der Waals surface area contributed by atoms with Crippen LogP contribution in [0.5, 0.6) is 0 Å². The predicted molar refractivity (Wildman–Crippen MR) is 88.0 cm³/mol. The number of rotatable bonds is 7. The van der Waals surface area contributed by atoms with Crippen molar-refractivity contribution in [2.75, 3.05) is 50.8 Å². The molecule has 1 aliphatic rings. The highest BCUT2D eigenvalue weighted by atomic mass is 32.1. The van der Waals surface area contributed by atoms with E-state index in [0.29, 0.717) is 25.7 Å². The van der Waals surface area contributed by atoms with Crippen LogP contribution in [0.3, 0.4) is 0 Å². The van der Waals surface area contributed by atoms with Crippen molar-refractivity contribution in [2.24, 2.45) is 10.7 Å². The van der Waals surface area contributed by atoms with Gasteiger partial charge in [0, 0.05) is 37.8 Å². The summed E-state index contributed by atoms with van der Waals surface area (Å²) in [7, 11) is 0. The number of piperazine rings is 1. The molecular formula is C14H23N5OS. The zero-order valence-electron chi connectivity index (χ0n) is 12.3. The first kappa shape index (κ1) is 15.8. The Hall–Kier alpha value is -1.60. The fourth-order valence-electron chi connectivity index (χ4n) is 2.09. The second-order valence-corrected chi connectivity index (χ2v) is 5.59. The normalized spacial score (nSPS) is 16.3. The van der Waals surface area contributed by atoms with Crippen molar-refractivity contribution in [2.45, 2.75) is 6.42 Å². The van der Waals surface area contributed by atoms with E-state index in [-0.39, 0.29) is 0 Å². The molecule has 0 atom stereocenters. The number of aromatic nitrogens is 1. The van der Waals surface area contributed by atoms with Crippen molar-refractivity contribution < 1.29 is 4.74 Å². The van der Waals surface area contributed by atoms with Gasteiger partial charge in [0.05, 0.1) is 19.8 Å². The minimum atomic E-state index is 0.605. The lowest BCUT2D eigenvalue weighted by Gasteiger charge is -2.35. The number of nitrogens with zero attached hydrogens (tertiary/aromatic N) is 4. The van der Waals surface area contributed by atoms with Crippen LogP contribution in [0.2, 0.25) is 0 Å². The molecule has 0 aliphatic carbocycles. The van der Waals surface area contributed by atoms with E-state index in [4.69, 9.17) is 10.5 Å². The van der Waals surface area contributed by atoms with E-state index in [1.54, 1.807) is 11.3 Å². The number of hydrogen-bond acceptors (Lipinski definition) is 5. The maximum atomic E-state index is 6.03. The molecule has 2 heterocycles. The molecule has 1 aromatic rings. The van der Waals surface area contributed by atoms with E-state index in [2.05, 4.69) is 26.4 Å². The molecule has 0 saturated carbocycles. The lowest BCUT2D eigenvalue weighted by atomic mass is 10.3. The fourth-order valence-corrected chi connectivity index (χ4v) is 2.79. The third kappa shape index (κ3) is 5.02. The largest absolute Gasteiger partial charge is 0.379 e. The van der Waals surface area contributed by atoms with Gasteiger partial charge in [-0.1, -0.05) is 6.08 Å². The molecule has 0 bridgehead atoms. The summed E-state index contributed by atoms with van der Waals surface area (Å²) in [6, 6.07) is 0. The molecule has 0 spiro atoms. The second kappa shape index (κ2) is 8.63. The highest BCUT2D eigenvalue weighted by Gasteiger charge is 2.19. The minimum Gasteiger partial charge on any atom is -0.379 e. The van der Waals surface area contributed by atoms with E-state index < -0.39 is 0 Å². The Balaban J connectivity index is 1.67. The van der Waals surface area contributed by atoms with Crippen LogP contribution >= 0.6 is 11.3 Å². The maximum absolute atomic E-state index is 6.03. The van der Waals surface area contributed by atoms with Crippen LogP contribution in [0.1, 0.15) is 6.42 Å². The van der Waals surface area contributed by atoms with Crippen LogP contribution < -0.4 is 10.6 Å². The van der Waals surface area contributed by atoms with Crippen molar-refractivity contribution >= 4 is 22.4 Å². The number of hydrogen-bond donors (Lipinski definition) is 1.